The standard InChI is InChI=1S/C14H22N2.2ClH/c1-16(12-13-6-3-2-4-7-13)14-8-5-10-15-11-9-14;;/h2-4,6-7,14-15H,5,8-12H2,1H3;2*1H. The highest BCUT2D eigenvalue weighted by Gasteiger charge is 2.16. The molecule has 1 fully saturated rings. The van der Waals surface area contributed by atoms with Gasteiger partial charge in [0.2, 0.25) is 0 Å². The van der Waals surface area contributed by atoms with Crippen LogP contribution in [0.25, 0.3) is 0 Å². The van der Waals surface area contributed by atoms with Gasteiger partial charge in [-0.25, -0.2) is 0 Å². The van der Waals surface area contributed by atoms with E-state index in [0.29, 0.717) is 0 Å². The maximum atomic E-state index is 3.47. The van der Waals surface area contributed by atoms with Crippen molar-refractivity contribution in [3.8, 4) is 0 Å². The normalized spacial score (nSPS) is 19.6. The van der Waals surface area contributed by atoms with Gasteiger partial charge in [0.15, 0.2) is 0 Å². The predicted octanol–water partition coefficient (Wildman–Crippen LogP) is 3.10. The first kappa shape index (κ1) is 17.7. The fourth-order valence-corrected chi connectivity index (χ4v) is 2.44. The van der Waals surface area contributed by atoms with Crippen molar-refractivity contribution in [1.29, 1.82) is 0 Å². The van der Waals surface area contributed by atoms with E-state index in [1.807, 2.05) is 0 Å². The SMILES string of the molecule is CN(Cc1ccccc1)C1CCCNCC1.Cl.Cl. The maximum Gasteiger partial charge on any atom is 0.0233 e. The Bertz CT molecular complexity index is 298. The first-order valence-corrected chi connectivity index (χ1v) is 6.31. The summed E-state index contributed by atoms with van der Waals surface area (Å²) >= 11 is 0. The number of halogens is 2. The number of hydrogen-bond donors (Lipinski definition) is 1. The minimum atomic E-state index is 0. The lowest BCUT2D eigenvalue weighted by Crippen LogP contribution is -2.31. The molecule has 0 spiro atoms. The second-order valence-corrected chi connectivity index (χ2v) is 4.74. The van der Waals surface area contributed by atoms with Gasteiger partial charge in [0.1, 0.15) is 0 Å². The van der Waals surface area contributed by atoms with Crippen molar-refractivity contribution in [2.24, 2.45) is 0 Å². The topological polar surface area (TPSA) is 15.3 Å². The van der Waals surface area contributed by atoms with Crippen molar-refractivity contribution < 1.29 is 0 Å². The first-order valence-electron chi connectivity index (χ1n) is 6.31. The molecule has 1 aliphatic heterocycles. The third-order valence-electron chi connectivity index (χ3n) is 3.44. The second-order valence-electron chi connectivity index (χ2n) is 4.74. The van der Waals surface area contributed by atoms with Crippen LogP contribution in [-0.4, -0.2) is 31.1 Å². The number of rotatable bonds is 3. The first-order chi connectivity index (χ1) is 7.86. The van der Waals surface area contributed by atoms with Crippen molar-refractivity contribution in [2.45, 2.75) is 31.8 Å². The van der Waals surface area contributed by atoms with E-state index in [9.17, 15) is 0 Å². The van der Waals surface area contributed by atoms with Crippen LogP contribution in [-0.2, 0) is 6.54 Å². The van der Waals surface area contributed by atoms with Gasteiger partial charge in [0.05, 0.1) is 0 Å². The molecule has 2 rings (SSSR count). The van der Waals surface area contributed by atoms with Crippen molar-refractivity contribution in [3.05, 3.63) is 35.9 Å². The van der Waals surface area contributed by atoms with E-state index < -0.39 is 0 Å². The molecule has 1 aromatic rings. The van der Waals surface area contributed by atoms with Crippen LogP contribution in [0.3, 0.4) is 0 Å². The summed E-state index contributed by atoms with van der Waals surface area (Å²) in [5.74, 6) is 0. The van der Waals surface area contributed by atoms with Gasteiger partial charge in [0, 0.05) is 12.6 Å². The number of hydrogen-bond acceptors (Lipinski definition) is 2. The van der Waals surface area contributed by atoms with Crippen LogP contribution in [0.15, 0.2) is 30.3 Å². The summed E-state index contributed by atoms with van der Waals surface area (Å²) in [6, 6.07) is 11.5. The monoisotopic (exact) mass is 290 g/mol. The average Bonchev–Trinajstić information content (AvgIpc) is 2.59. The third-order valence-corrected chi connectivity index (χ3v) is 3.44. The molecule has 0 aromatic heterocycles. The Hall–Kier alpha value is -0.280. The maximum absolute atomic E-state index is 3.47. The lowest BCUT2D eigenvalue weighted by atomic mass is 10.1. The molecule has 1 saturated heterocycles. The van der Waals surface area contributed by atoms with E-state index >= 15 is 0 Å². The van der Waals surface area contributed by atoms with Crippen LogP contribution in [0.1, 0.15) is 24.8 Å². The van der Waals surface area contributed by atoms with Crippen LogP contribution in [0.2, 0.25) is 0 Å². The second kappa shape index (κ2) is 9.62. The molecule has 1 aromatic carbocycles. The van der Waals surface area contributed by atoms with Gasteiger partial charge in [-0.2, -0.15) is 0 Å². The zero-order valence-electron chi connectivity index (χ0n) is 11.0. The fourth-order valence-electron chi connectivity index (χ4n) is 2.44. The highest BCUT2D eigenvalue weighted by molar-refractivity contribution is 5.85. The highest BCUT2D eigenvalue weighted by atomic mass is 35.5. The van der Waals surface area contributed by atoms with Gasteiger partial charge in [0.25, 0.3) is 0 Å². The molecule has 104 valence electrons. The molecular weight excluding hydrogens is 267 g/mol. The predicted molar refractivity (Wildman–Crippen MR) is 82.9 cm³/mol. The lowest BCUT2D eigenvalue weighted by molar-refractivity contribution is 0.216. The summed E-state index contributed by atoms with van der Waals surface area (Å²) in [7, 11) is 2.25. The van der Waals surface area contributed by atoms with Gasteiger partial charge >= 0.3 is 0 Å². The molecule has 0 saturated carbocycles. The van der Waals surface area contributed by atoms with Crippen molar-refractivity contribution in [2.75, 3.05) is 20.1 Å². The molecule has 1 N–H and O–H groups in total. The summed E-state index contributed by atoms with van der Waals surface area (Å²) in [5, 5.41) is 3.47. The number of benzene rings is 1. The summed E-state index contributed by atoms with van der Waals surface area (Å²) in [6.07, 6.45) is 3.92. The molecule has 4 heteroatoms. The molecule has 1 heterocycles. The molecule has 1 aliphatic rings. The number of nitrogens with zero attached hydrogens (tertiary/aromatic N) is 1. The Kier molecular flexibility index (Phi) is 9.47. The van der Waals surface area contributed by atoms with Crippen LogP contribution >= 0.6 is 24.8 Å². The van der Waals surface area contributed by atoms with E-state index in [-0.39, 0.29) is 24.8 Å². The van der Waals surface area contributed by atoms with Crippen molar-refractivity contribution in [1.82, 2.24) is 10.2 Å². The summed E-state index contributed by atoms with van der Waals surface area (Å²) in [5.41, 5.74) is 1.42. The zero-order chi connectivity index (χ0) is 11.2. The summed E-state index contributed by atoms with van der Waals surface area (Å²) in [4.78, 5) is 2.50. The minimum absolute atomic E-state index is 0. The van der Waals surface area contributed by atoms with Gasteiger partial charge in [-0.3, -0.25) is 4.90 Å². The Balaban J connectivity index is 0.00000144. The van der Waals surface area contributed by atoms with E-state index in [1.54, 1.807) is 0 Å². The van der Waals surface area contributed by atoms with Crippen LogP contribution in [0.4, 0.5) is 0 Å². The largest absolute Gasteiger partial charge is 0.317 e. The Morgan fingerprint density at radius 3 is 2.56 bits per heavy atom. The van der Waals surface area contributed by atoms with E-state index in [2.05, 4.69) is 47.6 Å². The van der Waals surface area contributed by atoms with Crippen LogP contribution in [0, 0.1) is 0 Å². The third kappa shape index (κ3) is 5.57. The van der Waals surface area contributed by atoms with Gasteiger partial charge in [-0.1, -0.05) is 30.3 Å². The molecule has 18 heavy (non-hydrogen) atoms. The molecule has 0 aliphatic carbocycles. The van der Waals surface area contributed by atoms with Crippen LogP contribution in [0.5, 0.6) is 0 Å². The van der Waals surface area contributed by atoms with Crippen molar-refractivity contribution >= 4 is 24.8 Å². The highest BCUT2D eigenvalue weighted by Crippen LogP contribution is 2.14. The molecule has 1 unspecified atom stereocenters. The Morgan fingerprint density at radius 1 is 1.11 bits per heavy atom. The molecule has 0 amide bonds. The molecule has 0 bridgehead atoms. The Morgan fingerprint density at radius 2 is 1.83 bits per heavy atom. The van der Waals surface area contributed by atoms with E-state index in [0.717, 1.165) is 12.6 Å². The summed E-state index contributed by atoms with van der Waals surface area (Å²) in [6.45, 7) is 3.44. The Labute approximate surface area is 123 Å². The molecule has 0 radical (unpaired) electrons. The average molecular weight is 291 g/mol. The zero-order valence-corrected chi connectivity index (χ0v) is 12.6. The van der Waals surface area contributed by atoms with Gasteiger partial charge in [-0.15, -0.1) is 24.8 Å². The quantitative estimate of drug-likeness (QED) is 0.920. The minimum Gasteiger partial charge on any atom is -0.317 e. The molecular formula is C14H24Cl2N2. The van der Waals surface area contributed by atoms with Crippen LogP contribution < -0.4 is 5.32 Å². The number of nitrogens with one attached hydrogen (secondary N) is 1. The smallest absolute Gasteiger partial charge is 0.0233 e. The van der Waals surface area contributed by atoms with Crippen molar-refractivity contribution in [3.63, 3.8) is 0 Å². The van der Waals surface area contributed by atoms with E-state index in [4.69, 9.17) is 0 Å². The molecule has 2 nitrogen and oxygen atoms in total. The fraction of sp³-hybridized carbons (Fsp3) is 0.571. The summed E-state index contributed by atoms with van der Waals surface area (Å²) < 4.78 is 0. The van der Waals surface area contributed by atoms with Gasteiger partial charge < -0.3 is 5.32 Å². The van der Waals surface area contributed by atoms with Gasteiger partial charge in [-0.05, 0) is 45.0 Å². The van der Waals surface area contributed by atoms with E-state index in [1.165, 1.54) is 37.9 Å². The lowest BCUT2D eigenvalue weighted by Gasteiger charge is -2.26. The molecule has 1 atom stereocenters.